The molecule has 0 saturated carbocycles. The number of hydrogen-bond acceptors (Lipinski definition) is 9. The van der Waals surface area contributed by atoms with Crippen molar-refractivity contribution in [1.82, 2.24) is 24.7 Å². The largest absolute Gasteiger partial charge is 0.491 e. The maximum Gasteiger partial charge on any atom is 0.350 e. The Balaban J connectivity index is 1.84. The number of benzene rings is 2. The second-order valence-corrected chi connectivity index (χ2v) is 8.15. The number of amidine groups is 1. The van der Waals surface area contributed by atoms with Crippen molar-refractivity contribution in [1.29, 1.82) is 5.41 Å². The maximum atomic E-state index is 12.8. The number of carbonyl (C=O) groups is 1. The standard InChI is InChI=1S/C26H25FN8O4/c1-3-16-11-17(13-19(12-16)38-10-7-27)22(24-33-26(37)35(34-24)25-30-8-4-9-31-25)32-18-5-6-20(23(28)29)21(14-18)39-15(2)36/h3-6,8-9,11-14,22,32H,1,7,10H2,2H3,(H3,28,29)(H,33,34,37). The number of halogens is 1. The summed E-state index contributed by atoms with van der Waals surface area (Å²) in [7, 11) is 0. The number of rotatable bonds is 11. The van der Waals surface area contributed by atoms with E-state index in [9.17, 15) is 14.0 Å². The number of esters is 1. The smallest absolute Gasteiger partial charge is 0.350 e. The summed E-state index contributed by atoms with van der Waals surface area (Å²) in [6.45, 7) is 4.22. The van der Waals surface area contributed by atoms with Crippen LogP contribution < -0.4 is 26.2 Å². The number of nitrogens with zero attached hydrogens (tertiary/aromatic N) is 4. The number of aromatic nitrogens is 5. The first kappa shape index (κ1) is 26.7. The second kappa shape index (κ2) is 11.8. The summed E-state index contributed by atoms with van der Waals surface area (Å²) in [6.07, 6.45) is 4.56. The molecule has 0 spiro atoms. The molecular formula is C26H25FN8O4. The van der Waals surface area contributed by atoms with Gasteiger partial charge in [0, 0.05) is 31.1 Å². The molecule has 0 fully saturated rings. The van der Waals surface area contributed by atoms with Gasteiger partial charge in [0.15, 0.2) is 5.82 Å². The molecule has 0 radical (unpaired) electrons. The van der Waals surface area contributed by atoms with Gasteiger partial charge in [0.1, 0.15) is 36.7 Å². The predicted octanol–water partition coefficient (Wildman–Crippen LogP) is 2.75. The third-order valence-corrected chi connectivity index (χ3v) is 5.35. The molecule has 0 saturated heterocycles. The molecule has 5 N–H and O–H groups in total. The number of nitrogens with two attached hydrogens (primary N) is 1. The average molecular weight is 533 g/mol. The van der Waals surface area contributed by atoms with Gasteiger partial charge in [-0.2, -0.15) is 0 Å². The molecule has 0 aliphatic rings. The molecule has 12 nitrogen and oxygen atoms in total. The number of H-pyrrole nitrogens is 1. The number of hydrogen-bond donors (Lipinski definition) is 4. The lowest BCUT2D eigenvalue weighted by Crippen LogP contribution is -2.18. The van der Waals surface area contributed by atoms with E-state index in [4.69, 9.17) is 20.6 Å². The van der Waals surface area contributed by atoms with E-state index < -0.39 is 24.4 Å². The van der Waals surface area contributed by atoms with E-state index in [0.717, 1.165) is 4.68 Å². The summed E-state index contributed by atoms with van der Waals surface area (Å²) < 4.78 is 24.6. The van der Waals surface area contributed by atoms with E-state index in [1.165, 1.54) is 31.5 Å². The highest BCUT2D eigenvalue weighted by atomic mass is 19.1. The van der Waals surface area contributed by atoms with Crippen LogP contribution in [-0.4, -0.2) is 49.8 Å². The minimum Gasteiger partial charge on any atom is -0.491 e. The summed E-state index contributed by atoms with van der Waals surface area (Å²) >= 11 is 0. The van der Waals surface area contributed by atoms with Crippen molar-refractivity contribution < 1.29 is 18.7 Å². The van der Waals surface area contributed by atoms with E-state index in [1.54, 1.807) is 36.4 Å². The van der Waals surface area contributed by atoms with Crippen LogP contribution in [0.5, 0.6) is 11.5 Å². The normalized spacial score (nSPS) is 11.4. The van der Waals surface area contributed by atoms with Crippen molar-refractivity contribution in [2.45, 2.75) is 13.0 Å². The fourth-order valence-corrected chi connectivity index (χ4v) is 3.73. The Bertz CT molecular complexity index is 1570. The number of anilines is 1. The van der Waals surface area contributed by atoms with Gasteiger partial charge in [-0.25, -0.2) is 19.2 Å². The Morgan fingerprint density at radius 2 is 2.05 bits per heavy atom. The van der Waals surface area contributed by atoms with Crippen LogP contribution >= 0.6 is 0 Å². The Morgan fingerprint density at radius 1 is 1.28 bits per heavy atom. The van der Waals surface area contributed by atoms with Crippen molar-refractivity contribution >= 4 is 23.6 Å². The van der Waals surface area contributed by atoms with Gasteiger partial charge in [0.25, 0.3) is 5.95 Å². The number of alkyl halides is 1. The highest BCUT2D eigenvalue weighted by Crippen LogP contribution is 2.31. The van der Waals surface area contributed by atoms with E-state index in [-0.39, 0.29) is 35.5 Å². The first-order chi connectivity index (χ1) is 18.8. The number of ether oxygens (including phenoxy) is 2. The highest BCUT2D eigenvalue weighted by molar-refractivity contribution is 5.98. The van der Waals surface area contributed by atoms with E-state index in [0.29, 0.717) is 22.6 Å². The van der Waals surface area contributed by atoms with Crippen molar-refractivity contribution in [3.05, 3.63) is 94.4 Å². The lowest BCUT2D eigenvalue weighted by Gasteiger charge is -2.21. The average Bonchev–Trinajstić information content (AvgIpc) is 3.31. The van der Waals surface area contributed by atoms with Crippen LogP contribution in [0.25, 0.3) is 12.0 Å². The van der Waals surface area contributed by atoms with Gasteiger partial charge in [-0.3, -0.25) is 15.2 Å². The lowest BCUT2D eigenvalue weighted by atomic mass is 10.0. The topological polar surface area (TPSA) is 174 Å². The maximum absolute atomic E-state index is 12.8. The number of nitrogens with one attached hydrogen (secondary N) is 3. The summed E-state index contributed by atoms with van der Waals surface area (Å²) in [4.78, 5) is 35.4. The van der Waals surface area contributed by atoms with Crippen LogP contribution in [0.4, 0.5) is 10.1 Å². The van der Waals surface area contributed by atoms with E-state index >= 15 is 0 Å². The number of carbonyl (C=O) groups excluding carboxylic acids is 1. The summed E-state index contributed by atoms with van der Waals surface area (Å²) in [5.74, 6) is -0.165. The molecule has 4 rings (SSSR count). The summed E-state index contributed by atoms with van der Waals surface area (Å²) in [5, 5.41) is 15.5. The zero-order chi connectivity index (χ0) is 27.9. The third kappa shape index (κ3) is 6.33. The zero-order valence-corrected chi connectivity index (χ0v) is 20.8. The molecule has 200 valence electrons. The molecule has 1 atom stereocenters. The molecular weight excluding hydrogens is 507 g/mol. The molecule has 4 aromatic rings. The van der Waals surface area contributed by atoms with Crippen LogP contribution in [0.2, 0.25) is 0 Å². The van der Waals surface area contributed by atoms with Crippen LogP contribution in [0.15, 0.2) is 66.2 Å². The molecule has 13 heteroatoms. The van der Waals surface area contributed by atoms with Gasteiger partial charge in [-0.1, -0.05) is 12.7 Å². The zero-order valence-electron chi connectivity index (χ0n) is 20.8. The van der Waals surface area contributed by atoms with Gasteiger partial charge in [0.2, 0.25) is 0 Å². The summed E-state index contributed by atoms with van der Waals surface area (Å²) in [5.41, 5.74) is 6.99. The van der Waals surface area contributed by atoms with Crippen LogP contribution in [0.1, 0.15) is 35.5 Å². The van der Waals surface area contributed by atoms with Crippen LogP contribution in [0.3, 0.4) is 0 Å². The fraction of sp³-hybridized carbons (Fsp3) is 0.154. The molecule has 39 heavy (non-hydrogen) atoms. The molecule has 0 aliphatic heterocycles. The Kier molecular flexibility index (Phi) is 8.09. The predicted molar refractivity (Wildman–Crippen MR) is 142 cm³/mol. The monoisotopic (exact) mass is 532 g/mol. The Labute approximate surface area is 221 Å². The van der Waals surface area contributed by atoms with Gasteiger partial charge in [-0.15, -0.1) is 9.78 Å². The van der Waals surface area contributed by atoms with Crippen molar-refractivity contribution in [2.24, 2.45) is 5.73 Å². The lowest BCUT2D eigenvalue weighted by molar-refractivity contribution is -0.131. The molecule has 1 unspecified atom stereocenters. The van der Waals surface area contributed by atoms with Crippen molar-refractivity contribution in [3.8, 4) is 17.4 Å². The second-order valence-electron chi connectivity index (χ2n) is 8.15. The molecule has 0 amide bonds. The number of nitrogen functional groups attached to an aromatic ring is 1. The van der Waals surface area contributed by atoms with Gasteiger partial charge in [-0.05, 0) is 47.5 Å². The van der Waals surface area contributed by atoms with E-state index in [2.05, 4.69) is 31.9 Å². The van der Waals surface area contributed by atoms with Crippen LogP contribution in [0, 0.1) is 5.41 Å². The summed E-state index contributed by atoms with van der Waals surface area (Å²) in [6, 6.07) is 10.6. The third-order valence-electron chi connectivity index (χ3n) is 5.35. The molecule has 0 bridgehead atoms. The van der Waals surface area contributed by atoms with Gasteiger partial charge < -0.3 is 20.5 Å². The molecule has 0 aliphatic carbocycles. The van der Waals surface area contributed by atoms with Crippen LogP contribution in [-0.2, 0) is 4.79 Å². The number of aromatic amines is 1. The SMILES string of the molecule is C=Cc1cc(OCCF)cc(C(Nc2ccc(C(=N)N)c(OC(C)=O)c2)c2nn(-c3ncccn3)c(=O)[nH]2)c1. The van der Waals surface area contributed by atoms with Crippen molar-refractivity contribution in [2.75, 3.05) is 18.6 Å². The Morgan fingerprint density at radius 3 is 2.72 bits per heavy atom. The minimum atomic E-state index is -0.802. The van der Waals surface area contributed by atoms with E-state index in [1.807, 2.05) is 0 Å². The molecule has 2 aromatic carbocycles. The van der Waals surface area contributed by atoms with Gasteiger partial charge >= 0.3 is 11.7 Å². The minimum absolute atomic E-state index is 0.0681. The quantitative estimate of drug-likeness (QED) is 0.0980. The molecule has 2 aromatic heterocycles. The highest BCUT2D eigenvalue weighted by Gasteiger charge is 2.23. The first-order valence-electron chi connectivity index (χ1n) is 11.6. The van der Waals surface area contributed by atoms with Crippen molar-refractivity contribution in [3.63, 3.8) is 0 Å². The first-order valence-corrected chi connectivity index (χ1v) is 11.6. The molecule has 2 heterocycles. The Hall–Kier alpha value is -5.33. The fourth-order valence-electron chi connectivity index (χ4n) is 3.73. The van der Waals surface area contributed by atoms with Gasteiger partial charge in [0.05, 0.1) is 5.56 Å².